The van der Waals surface area contributed by atoms with E-state index >= 15 is 0 Å². The lowest BCUT2D eigenvalue weighted by Crippen LogP contribution is -2.49. The summed E-state index contributed by atoms with van der Waals surface area (Å²) in [6, 6.07) is 25.7. The van der Waals surface area contributed by atoms with Crippen LogP contribution in [0.25, 0.3) is 6.08 Å². The van der Waals surface area contributed by atoms with E-state index in [0.717, 1.165) is 23.7 Å². The Bertz CT molecular complexity index is 1060. The van der Waals surface area contributed by atoms with Gasteiger partial charge in [0, 0.05) is 42.8 Å². The van der Waals surface area contributed by atoms with Crippen molar-refractivity contribution in [3.63, 3.8) is 0 Å². The largest absolute Gasteiger partial charge is 0.450 e. The van der Waals surface area contributed by atoms with Crippen LogP contribution >= 0.6 is 11.8 Å². The smallest absolute Gasteiger partial charge is 0.264 e. The van der Waals surface area contributed by atoms with Crippen LogP contribution in [0.1, 0.15) is 5.76 Å². The normalized spacial score (nSPS) is 14.4. The van der Waals surface area contributed by atoms with Crippen LogP contribution in [0.4, 0.5) is 5.69 Å². The molecule has 1 aliphatic rings. The van der Waals surface area contributed by atoms with Gasteiger partial charge >= 0.3 is 0 Å². The highest BCUT2D eigenvalue weighted by molar-refractivity contribution is 7.99. The van der Waals surface area contributed by atoms with Gasteiger partial charge < -0.3 is 14.2 Å². The number of nitriles is 1. The summed E-state index contributed by atoms with van der Waals surface area (Å²) in [7, 11) is 0. The van der Waals surface area contributed by atoms with Gasteiger partial charge in [-0.3, -0.25) is 4.79 Å². The van der Waals surface area contributed by atoms with E-state index in [1.165, 1.54) is 17.8 Å². The van der Waals surface area contributed by atoms with Crippen molar-refractivity contribution in [2.75, 3.05) is 31.1 Å². The minimum Gasteiger partial charge on any atom is -0.450 e. The molecule has 30 heavy (non-hydrogen) atoms. The molecule has 2 aromatic carbocycles. The summed E-state index contributed by atoms with van der Waals surface area (Å²) in [5.41, 5.74) is 1.24. The Morgan fingerprint density at radius 1 is 0.933 bits per heavy atom. The molecule has 2 heterocycles. The molecule has 0 N–H and O–H groups in total. The molecular formula is C24H21N3O2S. The quantitative estimate of drug-likeness (QED) is 0.447. The van der Waals surface area contributed by atoms with Crippen molar-refractivity contribution >= 4 is 29.4 Å². The Balaban J connectivity index is 1.40. The number of hydrogen-bond donors (Lipinski definition) is 0. The molecule has 1 saturated heterocycles. The second kappa shape index (κ2) is 9.38. The molecule has 5 nitrogen and oxygen atoms in total. The number of carbonyl (C=O) groups is 1. The molecule has 1 fully saturated rings. The maximum absolute atomic E-state index is 12.8. The lowest BCUT2D eigenvalue weighted by atomic mass is 10.2. The van der Waals surface area contributed by atoms with Crippen molar-refractivity contribution in [2.24, 2.45) is 0 Å². The second-order valence-corrected chi connectivity index (χ2v) is 7.93. The third kappa shape index (κ3) is 4.76. The molecule has 0 bridgehead atoms. The van der Waals surface area contributed by atoms with Gasteiger partial charge in [0.2, 0.25) is 0 Å². The van der Waals surface area contributed by atoms with E-state index in [1.54, 1.807) is 11.0 Å². The number of piperazine rings is 1. The number of para-hydroxylation sites is 1. The number of amides is 1. The van der Waals surface area contributed by atoms with Gasteiger partial charge in [-0.2, -0.15) is 5.26 Å². The maximum Gasteiger partial charge on any atom is 0.264 e. The first kappa shape index (κ1) is 19.9. The summed E-state index contributed by atoms with van der Waals surface area (Å²) in [5, 5.41) is 10.3. The number of furan rings is 1. The number of rotatable bonds is 5. The van der Waals surface area contributed by atoms with Gasteiger partial charge in [0.05, 0.1) is 0 Å². The Morgan fingerprint density at radius 2 is 1.60 bits per heavy atom. The summed E-state index contributed by atoms with van der Waals surface area (Å²) in [4.78, 5) is 17.9. The number of benzene rings is 2. The van der Waals surface area contributed by atoms with Crippen molar-refractivity contribution in [1.82, 2.24) is 4.90 Å². The first-order valence-electron chi connectivity index (χ1n) is 9.77. The van der Waals surface area contributed by atoms with Crippen LogP contribution in [0.2, 0.25) is 0 Å². The summed E-state index contributed by atoms with van der Waals surface area (Å²) in [6.45, 7) is 2.65. The lowest BCUT2D eigenvalue weighted by Gasteiger charge is -2.36. The van der Waals surface area contributed by atoms with Crippen molar-refractivity contribution in [2.45, 2.75) is 9.99 Å². The van der Waals surface area contributed by atoms with Crippen molar-refractivity contribution < 1.29 is 9.21 Å². The molecule has 150 valence electrons. The maximum atomic E-state index is 12.8. The molecule has 0 spiro atoms. The topological polar surface area (TPSA) is 60.5 Å². The summed E-state index contributed by atoms with van der Waals surface area (Å²) < 4.78 is 5.79. The predicted octanol–water partition coefficient (Wildman–Crippen LogP) is 4.69. The fourth-order valence-electron chi connectivity index (χ4n) is 3.33. The first-order valence-corrected chi connectivity index (χ1v) is 10.6. The van der Waals surface area contributed by atoms with E-state index in [2.05, 4.69) is 17.0 Å². The van der Waals surface area contributed by atoms with Gasteiger partial charge in [0.15, 0.2) is 5.09 Å². The van der Waals surface area contributed by atoms with Crippen LogP contribution in [0.3, 0.4) is 0 Å². The number of carbonyl (C=O) groups excluding carboxylic acids is 1. The molecule has 3 aromatic rings. The van der Waals surface area contributed by atoms with Crippen LogP contribution < -0.4 is 4.90 Å². The summed E-state index contributed by atoms with van der Waals surface area (Å²) >= 11 is 1.50. The Labute approximate surface area is 180 Å². The zero-order valence-corrected chi connectivity index (χ0v) is 17.2. The number of nitrogens with zero attached hydrogens (tertiary/aromatic N) is 3. The Morgan fingerprint density at radius 3 is 2.27 bits per heavy atom. The van der Waals surface area contributed by atoms with E-state index in [9.17, 15) is 10.1 Å². The molecule has 6 heteroatoms. The van der Waals surface area contributed by atoms with Crippen molar-refractivity contribution in [1.29, 1.82) is 5.26 Å². The SMILES string of the molecule is N#C/C(=C/c1ccc(Sc2ccccc2)o1)C(=O)N1CCN(c2ccccc2)CC1. The highest BCUT2D eigenvalue weighted by Gasteiger charge is 2.24. The molecule has 0 saturated carbocycles. The van der Waals surface area contributed by atoms with Gasteiger partial charge in [0.1, 0.15) is 17.4 Å². The minimum absolute atomic E-state index is 0.0915. The second-order valence-electron chi connectivity index (χ2n) is 6.86. The number of hydrogen-bond acceptors (Lipinski definition) is 5. The molecule has 1 aliphatic heterocycles. The van der Waals surface area contributed by atoms with Crippen LogP contribution in [-0.2, 0) is 4.79 Å². The average molecular weight is 416 g/mol. The van der Waals surface area contributed by atoms with Crippen molar-refractivity contribution in [3.8, 4) is 6.07 Å². The molecule has 4 rings (SSSR count). The summed E-state index contributed by atoms with van der Waals surface area (Å²) in [5.74, 6) is 0.250. The average Bonchev–Trinajstić information content (AvgIpc) is 3.25. The van der Waals surface area contributed by atoms with E-state index in [4.69, 9.17) is 4.42 Å². The highest BCUT2D eigenvalue weighted by atomic mass is 32.2. The molecule has 0 aliphatic carbocycles. The molecule has 0 radical (unpaired) electrons. The fraction of sp³-hybridized carbons (Fsp3) is 0.167. The van der Waals surface area contributed by atoms with Crippen LogP contribution in [0, 0.1) is 11.3 Å². The van der Waals surface area contributed by atoms with Gasteiger partial charge in [-0.15, -0.1) is 0 Å². The predicted molar refractivity (Wildman–Crippen MR) is 118 cm³/mol. The van der Waals surface area contributed by atoms with Gasteiger partial charge in [-0.25, -0.2) is 0 Å². The number of anilines is 1. The van der Waals surface area contributed by atoms with E-state index < -0.39 is 0 Å². The Hall–Kier alpha value is -3.43. The third-order valence-electron chi connectivity index (χ3n) is 4.89. The van der Waals surface area contributed by atoms with E-state index in [1.807, 2.05) is 60.7 Å². The first-order chi connectivity index (χ1) is 14.7. The van der Waals surface area contributed by atoms with E-state index in [0.29, 0.717) is 23.9 Å². The highest BCUT2D eigenvalue weighted by Crippen LogP contribution is 2.29. The van der Waals surface area contributed by atoms with Crippen LogP contribution in [0.15, 0.2) is 92.8 Å². The Kier molecular flexibility index (Phi) is 6.21. The van der Waals surface area contributed by atoms with Gasteiger partial charge in [0.25, 0.3) is 5.91 Å². The van der Waals surface area contributed by atoms with E-state index in [-0.39, 0.29) is 11.5 Å². The molecular weight excluding hydrogens is 394 g/mol. The minimum atomic E-state index is -0.251. The van der Waals surface area contributed by atoms with Crippen LogP contribution in [0.5, 0.6) is 0 Å². The standard InChI is InChI=1S/C24H21N3O2S/c25-18-19(17-21-11-12-23(29-21)30-22-9-5-2-6-10-22)24(28)27-15-13-26(14-16-27)20-7-3-1-4-8-20/h1-12,17H,13-16H2/b19-17-. The zero-order chi connectivity index (χ0) is 20.8. The summed E-state index contributed by atoms with van der Waals surface area (Å²) in [6.07, 6.45) is 1.53. The molecule has 0 unspecified atom stereocenters. The lowest BCUT2D eigenvalue weighted by molar-refractivity contribution is -0.126. The van der Waals surface area contributed by atoms with Crippen molar-refractivity contribution in [3.05, 3.63) is 84.1 Å². The third-order valence-corrected chi connectivity index (χ3v) is 5.82. The monoisotopic (exact) mass is 415 g/mol. The molecule has 1 amide bonds. The van der Waals surface area contributed by atoms with Gasteiger partial charge in [-0.05, 0) is 36.4 Å². The fourth-order valence-corrected chi connectivity index (χ4v) is 4.13. The van der Waals surface area contributed by atoms with Gasteiger partial charge in [-0.1, -0.05) is 48.2 Å². The molecule has 0 atom stereocenters. The molecule has 1 aromatic heterocycles. The zero-order valence-electron chi connectivity index (χ0n) is 16.4. The van der Waals surface area contributed by atoms with Crippen LogP contribution in [-0.4, -0.2) is 37.0 Å².